The zero-order valence-electron chi connectivity index (χ0n) is 23.5. The number of ether oxygens (including phenoxy) is 1. The molecule has 0 atom stereocenters. The van der Waals surface area contributed by atoms with E-state index < -0.39 is 23.2 Å². The highest BCUT2D eigenvalue weighted by atomic mass is 32.2. The van der Waals surface area contributed by atoms with Gasteiger partial charge in [0.15, 0.2) is 0 Å². The van der Waals surface area contributed by atoms with Crippen LogP contribution in [0.1, 0.15) is 65.7 Å². The predicted octanol–water partition coefficient (Wildman–Crippen LogP) is 6.30. The molecule has 0 unspecified atom stereocenters. The first-order valence-electron chi connectivity index (χ1n) is 13.6. The van der Waals surface area contributed by atoms with Crippen molar-refractivity contribution < 1.29 is 32.6 Å². The van der Waals surface area contributed by atoms with Gasteiger partial charge >= 0.3 is 12.1 Å². The van der Waals surface area contributed by atoms with E-state index in [9.17, 15) is 22.8 Å². The summed E-state index contributed by atoms with van der Waals surface area (Å²) in [7, 11) is 0. The van der Waals surface area contributed by atoms with Crippen molar-refractivity contribution in [2.24, 2.45) is 4.99 Å². The third-order valence-corrected chi connectivity index (χ3v) is 7.98. The lowest BCUT2D eigenvalue weighted by atomic mass is 9.89. The van der Waals surface area contributed by atoms with Crippen LogP contribution in [0.25, 0.3) is 0 Å². The summed E-state index contributed by atoms with van der Waals surface area (Å²) in [6.45, 7) is 10.9. The number of hydrogen-bond acceptors (Lipinski definition) is 6. The number of aliphatic imine (C=N–C) groups is 1. The molecule has 1 spiro atoms. The molecule has 41 heavy (non-hydrogen) atoms. The van der Waals surface area contributed by atoms with Crippen molar-refractivity contribution in [3.63, 3.8) is 0 Å². The number of alkyl halides is 3. The smallest absolute Gasteiger partial charge is 0.416 e. The number of carbonyl (C=O) groups is 2. The van der Waals surface area contributed by atoms with Crippen LogP contribution in [-0.4, -0.2) is 58.1 Å². The molecular weight excluding hydrogens is 555 g/mol. The molecule has 2 aliphatic heterocycles. The summed E-state index contributed by atoms with van der Waals surface area (Å²) in [5.74, 6) is -0.282. The number of carboxylic acid groups (broad SMARTS) is 1. The minimum Gasteiger partial charge on any atom is -0.493 e. The Bertz CT molecular complexity index is 1290. The molecule has 1 saturated heterocycles. The van der Waals surface area contributed by atoms with Crippen LogP contribution in [0.5, 0.6) is 5.75 Å². The molecule has 2 aromatic carbocycles. The number of rotatable bonds is 10. The van der Waals surface area contributed by atoms with E-state index >= 15 is 0 Å². The average molecular weight is 592 g/mol. The topological polar surface area (TPSA) is 91.2 Å². The maximum Gasteiger partial charge on any atom is 0.416 e. The van der Waals surface area contributed by atoms with E-state index in [4.69, 9.17) is 9.84 Å². The molecule has 2 N–H and O–H groups in total. The summed E-state index contributed by atoms with van der Waals surface area (Å²) >= 11 is 1.66. The summed E-state index contributed by atoms with van der Waals surface area (Å²) in [6.07, 6.45) is -0.811. The maximum absolute atomic E-state index is 13.5. The van der Waals surface area contributed by atoms with Crippen molar-refractivity contribution in [2.75, 3.05) is 25.4 Å². The minimum absolute atomic E-state index is 0.0543. The van der Waals surface area contributed by atoms with Crippen LogP contribution in [0.3, 0.4) is 0 Å². The van der Waals surface area contributed by atoms with E-state index in [0.29, 0.717) is 32.4 Å². The molecule has 2 aliphatic rings. The van der Waals surface area contributed by atoms with Gasteiger partial charge in [-0.15, -0.1) is 6.58 Å². The van der Waals surface area contributed by atoms with Crippen LogP contribution >= 0.6 is 11.9 Å². The monoisotopic (exact) mass is 591 g/mol. The number of piperidine rings is 1. The molecule has 4 rings (SSSR count). The van der Waals surface area contributed by atoms with Crippen molar-refractivity contribution in [1.82, 2.24) is 9.62 Å². The predicted molar refractivity (Wildman–Crippen MR) is 156 cm³/mol. The quantitative estimate of drug-likeness (QED) is 0.192. The van der Waals surface area contributed by atoms with Crippen molar-refractivity contribution in [3.05, 3.63) is 76.9 Å². The molecule has 11 heteroatoms. The number of carboxylic acids is 1. The van der Waals surface area contributed by atoms with E-state index in [2.05, 4.69) is 21.2 Å². The lowest BCUT2D eigenvalue weighted by Crippen LogP contribution is -2.47. The Balaban J connectivity index is 0.00000226. The number of nitrogens with one attached hydrogen (secondary N) is 1. The number of nitrogens with zero attached hydrogens (tertiary/aromatic N) is 2. The van der Waals surface area contributed by atoms with Crippen molar-refractivity contribution >= 4 is 29.7 Å². The van der Waals surface area contributed by atoms with E-state index in [0.717, 1.165) is 35.4 Å². The first-order valence-corrected chi connectivity index (χ1v) is 14.5. The molecule has 1 amide bonds. The molecule has 7 nitrogen and oxygen atoms in total. The first-order chi connectivity index (χ1) is 19.5. The Hall–Kier alpha value is -3.31. The molecular formula is C30H36F3N3O4S. The molecule has 0 radical (unpaired) electrons. The maximum atomic E-state index is 13.5. The van der Waals surface area contributed by atoms with Crippen molar-refractivity contribution in [2.45, 2.75) is 58.2 Å². The van der Waals surface area contributed by atoms with Crippen LogP contribution in [0.4, 0.5) is 13.2 Å². The van der Waals surface area contributed by atoms with Crippen LogP contribution in [0.2, 0.25) is 0 Å². The number of amides is 1. The van der Waals surface area contributed by atoms with Gasteiger partial charge in [-0.2, -0.15) is 13.2 Å². The third kappa shape index (κ3) is 8.13. The molecule has 2 heterocycles. The van der Waals surface area contributed by atoms with Gasteiger partial charge in [0.2, 0.25) is 0 Å². The van der Waals surface area contributed by atoms with E-state index in [1.807, 2.05) is 26.8 Å². The van der Waals surface area contributed by atoms with Gasteiger partial charge in [0, 0.05) is 24.4 Å². The van der Waals surface area contributed by atoms with Crippen molar-refractivity contribution in [3.8, 4) is 5.75 Å². The molecule has 0 saturated carbocycles. The Kier molecular flexibility index (Phi) is 11.0. The second kappa shape index (κ2) is 14.0. The van der Waals surface area contributed by atoms with Gasteiger partial charge < -0.3 is 15.2 Å². The fraction of sp³-hybridized carbons (Fsp3) is 0.433. The largest absolute Gasteiger partial charge is 0.493 e. The van der Waals surface area contributed by atoms with Gasteiger partial charge in [-0.05, 0) is 74.1 Å². The highest BCUT2D eigenvalue weighted by Crippen LogP contribution is 2.36. The SMILES string of the molecule is C=CCCOc1cc(C2=NC3(CCN(SCCc4ccc(C(=O)O)cc4C)CC3)C(=O)N2)cc(C(F)(F)F)c1.CC. The average Bonchev–Trinajstić information content (AvgIpc) is 3.26. The molecule has 1 fully saturated rings. The molecule has 0 bridgehead atoms. The lowest BCUT2D eigenvalue weighted by Gasteiger charge is -2.34. The number of aromatic carboxylic acids is 1. The van der Waals surface area contributed by atoms with Crippen LogP contribution < -0.4 is 10.1 Å². The van der Waals surface area contributed by atoms with E-state index in [1.165, 1.54) is 6.07 Å². The first kappa shape index (κ1) is 32.2. The fourth-order valence-corrected chi connectivity index (χ4v) is 5.62. The standard InChI is InChI=1S/C28H30F3N3O4S.C2H6/c1-3-4-12-38-23-16-21(15-22(17-23)28(29,30)31)24-32-26(37)27(33-24)8-10-34(11-9-27)39-13-7-19-5-6-20(25(35)36)14-18(19)2;1-2/h3,5-6,14-17H,1,4,7-13H2,2H3,(H,35,36)(H,32,33,37);1-2H3. The van der Waals surface area contributed by atoms with Crippen LogP contribution in [0.15, 0.2) is 54.0 Å². The molecule has 2 aromatic rings. The van der Waals surface area contributed by atoms with Gasteiger partial charge in [0.25, 0.3) is 5.91 Å². The number of amidine groups is 1. The summed E-state index contributed by atoms with van der Waals surface area (Å²) in [6, 6.07) is 8.50. The summed E-state index contributed by atoms with van der Waals surface area (Å²) < 4.78 is 48.3. The zero-order chi connectivity index (χ0) is 30.2. The number of benzene rings is 2. The Morgan fingerprint density at radius 2 is 1.93 bits per heavy atom. The van der Waals surface area contributed by atoms with Crippen LogP contribution in [-0.2, 0) is 17.4 Å². The van der Waals surface area contributed by atoms with E-state index in [-0.39, 0.29) is 35.2 Å². The number of aryl methyl sites for hydroxylation is 2. The van der Waals surface area contributed by atoms with E-state index in [1.54, 1.807) is 30.2 Å². The molecule has 0 aliphatic carbocycles. The van der Waals surface area contributed by atoms with Gasteiger partial charge in [0.1, 0.15) is 17.1 Å². The molecule has 0 aromatic heterocycles. The summed E-state index contributed by atoms with van der Waals surface area (Å²) in [4.78, 5) is 28.7. The highest BCUT2D eigenvalue weighted by Gasteiger charge is 2.46. The Morgan fingerprint density at radius 3 is 2.54 bits per heavy atom. The summed E-state index contributed by atoms with van der Waals surface area (Å²) in [5, 5.41) is 11.8. The second-order valence-corrected chi connectivity index (χ2v) is 10.8. The van der Waals surface area contributed by atoms with Crippen LogP contribution in [0, 0.1) is 6.92 Å². The van der Waals surface area contributed by atoms with Gasteiger partial charge in [-0.3, -0.25) is 14.1 Å². The second-order valence-electron chi connectivity index (χ2n) is 9.57. The van der Waals surface area contributed by atoms with Crippen molar-refractivity contribution in [1.29, 1.82) is 0 Å². The Morgan fingerprint density at radius 1 is 1.22 bits per heavy atom. The summed E-state index contributed by atoms with van der Waals surface area (Å²) in [5.41, 5.74) is 0.561. The fourth-order valence-electron chi connectivity index (χ4n) is 4.61. The molecule has 222 valence electrons. The minimum atomic E-state index is -4.58. The lowest BCUT2D eigenvalue weighted by molar-refractivity contribution is -0.137. The number of hydrogen-bond donors (Lipinski definition) is 2. The highest BCUT2D eigenvalue weighted by molar-refractivity contribution is 7.97. The van der Waals surface area contributed by atoms with Gasteiger partial charge in [0.05, 0.1) is 17.7 Å². The zero-order valence-corrected chi connectivity index (χ0v) is 24.3. The third-order valence-electron chi connectivity index (χ3n) is 6.86. The normalized spacial score (nSPS) is 16.4. The van der Waals surface area contributed by atoms with Gasteiger partial charge in [-0.25, -0.2) is 4.79 Å². The Labute approximate surface area is 243 Å². The number of halogens is 3. The number of carbonyl (C=O) groups excluding carboxylic acids is 1. The van der Waals surface area contributed by atoms with Gasteiger partial charge in [-0.1, -0.05) is 37.9 Å².